The van der Waals surface area contributed by atoms with E-state index in [9.17, 15) is 13.2 Å². The average molecular weight is 455 g/mol. The van der Waals surface area contributed by atoms with Crippen LogP contribution >= 0.6 is 23.8 Å². The lowest BCUT2D eigenvalue weighted by Crippen LogP contribution is -2.44. The molecule has 1 aliphatic rings. The van der Waals surface area contributed by atoms with Gasteiger partial charge in [0.1, 0.15) is 11.6 Å². The largest absolute Gasteiger partial charge is 0.334 e. The number of carbonyl (C=O) groups is 1. The number of carbonyl (C=O) groups excluding carboxylic acids is 1. The van der Waals surface area contributed by atoms with Gasteiger partial charge in [-0.2, -0.15) is 9.66 Å². The van der Waals surface area contributed by atoms with E-state index in [1.165, 1.54) is 11.1 Å². The van der Waals surface area contributed by atoms with E-state index >= 15 is 0 Å². The van der Waals surface area contributed by atoms with Crippen molar-refractivity contribution >= 4 is 56.8 Å². The van der Waals surface area contributed by atoms with E-state index in [4.69, 9.17) is 29.1 Å². The Balaban J connectivity index is 2.11. The highest BCUT2D eigenvalue weighted by atomic mass is 35.5. The SMILES string of the molecule is CCC=NS(=O)(=O)CCCCN1C(=S)N(c2ccc(C#N)c(Cl)c2)C(=O)C1(C)C. The van der Waals surface area contributed by atoms with E-state index in [1.807, 2.05) is 13.0 Å². The zero-order chi connectivity index (χ0) is 21.8. The molecule has 1 aliphatic heterocycles. The minimum absolute atomic E-state index is 0.0482. The van der Waals surface area contributed by atoms with Crippen molar-refractivity contribution in [2.75, 3.05) is 17.2 Å². The maximum atomic E-state index is 13.0. The number of hydrogen-bond donors (Lipinski definition) is 0. The summed E-state index contributed by atoms with van der Waals surface area (Å²) in [5.74, 6) is -0.253. The lowest BCUT2D eigenvalue weighted by Gasteiger charge is -2.29. The van der Waals surface area contributed by atoms with Crippen LogP contribution in [-0.4, -0.2) is 48.4 Å². The van der Waals surface area contributed by atoms with Crippen LogP contribution in [0.4, 0.5) is 5.69 Å². The standard InChI is InChI=1S/C19H23ClN4O3S2/c1-4-9-22-29(26,27)11-6-5-10-23-18(28)24(17(25)19(23,2)3)15-8-7-14(13-21)16(20)12-15/h7-9,12H,4-6,10-11H2,1-3H3. The molecule has 1 heterocycles. The van der Waals surface area contributed by atoms with Gasteiger partial charge in [0.15, 0.2) is 5.11 Å². The first-order chi connectivity index (χ1) is 13.5. The van der Waals surface area contributed by atoms with Crippen molar-refractivity contribution in [1.29, 1.82) is 5.26 Å². The highest BCUT2D eigenvalue weighted by Gasteiger charge is 2.49. The number of rotatable bonds is 8. The Morgan fingerprint density at radius 3 is 2.62 bits per heavy atom. The molecule has 29 heavy (non-hydrogen) atoms. The fraction of sp³-hybridized carbons (Fsp3) is 0.474. The minimum atomic E-state index is -3.46. The lowest BCUT2D eigenvalue weighted by atomic mass is 10.0. The zero-order valence-corrected chi connectivity index (χ0v) is 18.9. The van der Waals surface area contributed by atoms with Crippen LogP contribution in [-0.2, 0) is 14.8 Å². The van der Waals surface area contributed by atoms with Gasteiger partial charge in [-0.25, -0.2) is 8.42 Å². The van der Waals surface area contributed by atoms with Gasteiger partial charge < -0.3 is 4.90 Å². The Kier molecular flexibility index (Phi) is 7.38. The third kappa shape index (κ3) is 5.13. The quantitative estimate of drug-likeness (QED) is 0.339. The molecule has 1 amide bonds. The second-order valence-electron chi connectivity index (χ2n) is 7.10. The molecular formula is C19H23ClN4O3S2. The molecule has 0 radical (unpaired) electrons. The molecule has 0 N–H and O–H groups in total. The highest BCUT2D eigenvalue weighted by molar-refractivity contribution is 7.90. The summed E-state index contributed by atoms with van der Waals surface area (Å²) < 4.78 is 27.2. The van der Waals surface area contributed by atoms with Crippen molar-refractivity contribution in [3.05, 3.63) is 28.8 Å². The van der Waals surface area contributed by atoms with Crippen LogP contribution in [0, 0.1) is 11.3 Å². The first-order valence-corrected chi connectivity index (χ1v) is 11.6. The number of nitrogens with zero attached hydrogens (tertiary/aromatic N) is 4. The van der Waals surface area contributed by atoms with Gasteiger partial charge in [-0.15, -0.1) is 0 Å². The number of anilines is 1. The van der Waals surface area contributed by atoms with Crippen molar-refractivity contribution in [2.24, 2.45) is 4.40 Å². The predicted octanol–water partition coefficient (Wildman–Crippen LogP) is 3.51. The Hall–Kier alpha value is -2.02. The van der Waals surface area contributed by atoms with Gasteiger partial charge in [0.05, 0.1) is 22.0 Å². The number of sulfonamides is 1. The molecule has 1 aromatic rings. The summed E-state index contributed by atoms with van der Waals surface area (Å²) in [6, 6.07) is 6.70. The fourth-order valence-electron chi connectivity index (χ4n) is 2.97. The Morgan fingerprint density at radius 1 is 1.34 bits per heavy atom. The molecule has 156 valence electrons. The molecule has 10 heteroatoms. The monoisotopic (exact) mass is 454 g/mol. The molecule has 0 aliphatic carbocycles. The number of nitriles is 1. The van der Waals surface area contributed by atoms with Gasteiger partial charge in [0, 0.05) is 12.8 Å². The van der Waals surface area contributed by atoms with Crippen LogP contribution in [0.3, 0.4) is 0 Å². The van der Waals surface area contributed by atoms with Crippen molar-refractivity contribution in [3.8, 4) is 6.07 Å². The summed E-state index contributed by atoms with van der Waals surface area (Å²) in [6.45, 7) is 5.80. The van der Waals surface area contributed by atoms with Crippen LogP contribution in [0.5, 0.6) is 0 Å². The van der Waals surface area contributed by atoms with E-state index in [0.29, 0.717) is 42.2 Å². The van der Waals surface area contributed by atoms with E-state index in [1.54, 1.807) is 36.9 Å². The van der Waals surface area contributed by atoms with Gasteiger partial charge >= 0.3 is 0 Å². The molecule has 2 rings (SSSR count). The first kappa shape index (κ1) is 23.3. The summed E-state index contributed by atoms with van der Waals surface area (Å²) >= 11 is 11.6. The van der Waals surface area contributed by atoms with E-state index < -0.39 is 15.6 Å². The molecular weight excluding hydrogens is 432 g/mol. The summed E-state index contributed by atoms with van der Waals surface area (Å²) in [4.78, 5) is 16.2. The van der Waals surface area contributed by atoms with E-state index in [2.05, 4.69) is 4.40 Å². The third-order valence-electron chi connectivity index (χ3n) is 4.61. The maximum Gasteiger partial charge on any atom is 0.258 e. The summed E-state index contributed by atoms with van der Waals surface area (Å²) in [5, 5.41) is 9.60. The molecule has 0 atom stereocenters. The van der Waals surface area contributed by atoms with Gasteiger partial charge in [-0.05, 0) is 63.5 Å². The van der Waals surface area contributed by atoms with Crippen LogP contribution in [0.25, 0.3) is 0 Å². The van der Waals surface area contributed by atoms with Crippen LogP contribution < -0.4 is 4.90 Å². The van der Waals surface area contributed by atoms with Crippen molar-refractivity contribution < 1.29 is 13.2 Å². The van der Waals surface area contributed by atoms with Crippen molar-refractivity contribution in [3.63, 3.8) is 0 Å². The van der Waals surface area contributed by atoms with E-state index in [0.717, 1.165) is 0 Å². The van der Waals surface area contributed by atoms with E-state index in [-0.39, 0.29) is 16.7 Å². The molecule has 1 fully saturated rings. The number of halogens is 1. The Morgan fingerprint density at radius 2 is 2.03 bits per heavy atom. The molecule has 1 aromatic carbocycles. The number of hydrogen-bond acceptors (Lipinski definition) is 5. The summed E-state index contributed by atoms with van der Waals surface area (Å²) in [5.41, 5.74) is -0.0662. The van der Waals surface area contributed by atoms with Crippen LogP contribution in [0.1, 0.15) is 45.6 Å². The predicted molar refractivity (Wildman–Crippen MR) is 119 cm³/mol. The van der Waals surface area contributed by atoms with Gasteiger partial charge in [-0.1, -0.05) is 18.5 Å². The second kappa shape index (κ2) is 9.20. The lowest BCUT2D eigenvalue weighted by molar-refractivity contribution is -0.123. The molecule has 0 aromatic heterocycles. The van der Waals surface area contributed by atoms with Gasteiger partial charge in [-0.3, -0.25) is 9.69 Å². The Labute approximate surface area is 182 Å². The molecule has 1 saturated heterocycles. The number of amides is 1. The average Bonchev–Trinajstić information content (AvgIpc) is 2.82. The molecule has 0 bridgehead atoms. The summed E-state index contributed by atoms with van der Waals surface area (Å²) in [7, 11) is -3.46. The fourth-order valence-corrected chi connectivity index (χ4v) is 4.74. The topological polar surface area (TPSA) is 93.8 Å². The highest BCUT2D eigenvalue weighted by Crippen LogP contribution is 2.34. The summed E-state index contributed by atoms with van der Waals surface area (Å²) in [6.07, 6.45) is 2.90. The minimum Gasteiger partial charge on any atom is -0.334 e. The molecule has 0 saturated carbocycles. The maximum absolute atomic E-state index is 13.0. The molecule has 0 unspecified atom stereocenters. The van der Waals surface area contributed by atoms with Gasteiger partial charge in [0.25, 0.3) is 15.9 Å². The second-order valence-corrected chi connectivity index (χ2v) is 9.65. The van der Waals surface area contributed by atoms with Crippen molar-refractivity contribution in [1.82, 2.24) is 4.90 Å². The number of thiocarbonyl (C=S) groups is 1. The first-order valence-electron chi connectivity index (χ1n) is 9.17. The normalized spacial score (nSPS) is 16.7. The number of unbranched alkanes of at least 4 members (excludes halogenated alkanes) is 1. The smallest absolute Gasteiger partial charge is 0.258 e. The van der Waals surface area contributed by atoms with Crippen LogP contribution in [0.2, 0.25) is 5.02 Å². The third-order valence-corrected chi connectivity index (χ3v) is 6.60. The molecule has 0 spiro atoms. The molecule has 7 nitrogen and oxygen atoms in total. The zero-order valence-electron chi connectivity index (χ0n) is 16.6. The van der Waals surface area contributed by atoms with Gasteiger partial charge in [0.2, 0.25) is 0 Å². The Bertz CT molecular complexity index is 984. The van der Waals surface area contributed by atoms with Crippen molar-refractivity contribution in [2.45, 2.75) is 45.6 Å². The number of benzene rings is 1. The van der Waals surface area contributed by atoms with Crippen LogP contribution in [0.15, 0.2) is 22.6 Å².